The summed E-state index contributed by atoms with van der Waals surface area (Å²) in [5, 5.41) is 20.6. The third kappa shape index (κ3) is 1.73. The van der Waals surface area contributed by atoms with Crippen molar-refractivity contribution < 1.29 is 14.3 Å². The minimum atomic E-state index is -1.15. The maximum absolute atomic E-state index is 11.9. The lowest BCUT2D eigenvalue weighted by Gasteiger charge is -2.15. The number of carboxylic acid groups (broad SMARTS) is 1. The molecular weight excluding hydrogens is 224 g/mol. The zero-order chi connectivity index (χ0) is 12.6. The van der Waals surface area contributed by atoms with Crippen LogP contribution in [0.4, 0.5) is 0 Å². The minimum absolute atomic E-state index is 0.0359. The van der Waals surface area contributed by atoms with Gasteiger partial charge < -0.3 is 15.0 Å². The molecule has 0 atom stereocenters. The molecule has 0 saturated heterocycles. The van der Waals surface area contributed by atoms with E-state index < -0.39 is 12.4 Å². The monoisotopic (exact) mass is 234 g/mol. The number of para-hydroxylation sites is 2. The van der Waals surface area contributed by atoms with Gasteiger partial charge in [-0.15, -0.1) is 0 Å². The van der Waals surface area contributed by atoms with E-state index in [-0.39, 0.29) is 22.4 Å². The van der Waals surface area contributed by atoms with Gasteiger partial charge in [0.05, 0.1) is 10.1 Å². The van der Waals surface area contributed by atoms with Crippen molar-refractivity contribution in [3.8, 4) is 0 Å². The van der Waals surface area contributed by atoms with Gasteiger partial charge in [0.15, 0.2) is 0 Å². The van der Waals surface area contributed by atoms with Crippen molar-refractivity contribution in [1.29, 1.82) is 0 Å². The van der Waals surface area contributed by atoms with Crippen molar-refractivity contribution in [3.63, 3.8) is 0 Å². The summed E-state index contributed by atoms with van der Waals surface area (Å²) >= 11 is 0. The van der Waals surface area contributed by atoms with Crippen LogP contribution in [0.1, 0.15) is 11.4 Å². The average molecular weight is 234 g/mol. The largest absolute Gasteiger partial charge is 0.805 e. The van der Waals surface area contributed by atoms with Crippen molar-refractivity contribution in [3.05, 3.63) is 45.8 Å². The molecule has 0 spiro atoms. The molecule has 0 fully saturated rings. The molecule has 2 aromatic rings. The highest BCUT2D eigenvalue weighted by molar-refractivity contribution is 5.74. The van der Waals surface area contributed by atoms with Crippen LogP contribution in [0.5, 0.6) is 0 Å². The van der Waals surface area contributed by atoms with Gasteiger partial charge in [-0.1, -0.05) is 12.1 Å². The SMILES string of the molecule is Cc1c(CC(=O)O)[n+](=O)c2ccccc2n1[O-]. The van der Waals surface area contributed by atoms with E-state index in [0.29, 0.717) is 9.16 Å². The number of hydrogen-bond donors (Lipinski definition) is 1. The summed E-state index contributed by atoms with van der Waals surface area (Å²) < 4.78 is 1.09. The maximum Gasteiger partial charge on any atom is 0.314 e. The molecule has 0 aliphatic heterocycles. The molecule has 6 nitrogen and oxygen atoms in total. The number of benzene rings is 1. The zero-order valence-electron chi connectivity index (χ0n) is 9.08. The van der Waals surface area contributed by atoms with Gasteiger partial charge in [0, 0.05) is 11.0 Å². The quantitative estimate of drug-likeness (QED) is 0.779. The van der Waals surface area contributed by atoms with E-state index in [0.717, 1.165) is 0 Å². The second-order valence-electron chi connectivity index (χ2n) is 3.68. The zero-order valence-corrected chi connectivity index (χ0v) is 9.08. The van der Waals surface area contributed by atoms with E-state index in [1.54, 1.807) is 12.1 Å². The van der Waals surface area contributed by atoms with Crippen LogP contribution in [0.25, 0.3) is 11.0 Å². The van der Waals surface area contributed by atoms with Crippen LogP contribution in [-0.4, -0.2) is 15.8 Å². The Hall–Kier alpha value is -2.37. The lowest BCUT2D eigenvalue weighted by atomic mass is 10.2. The summed E-state index contributed by atoms with van der Waals surface area (Å²) in [4.78, 5) is 22.6. The van der Waals surface area contributed by atoms with Gasteiger partial charge in [0.2, 0.25) is 0 Å². The predicted octanol–water partition coefficient (Wildman–Crippen LogP) is 0.837. The van der Waals surface area contributed by atoms with Crippen LogP contribution < -0.4 is 4.43 Å². The van der Waals surface area contributed by atoms with Crippen LogP contribution in [0.15, 0.2) is 24.3 Å². The van der Waals surface area contributed by atoms with Crippen molar-refractivity contribution in [2.24, 2.45) is 0 Å². The molecule has 2 rings (SSSR count). The Morgan fingerprint density at radius 2 is 2.12 bits per heavy atom. The molecule has 0 aliphatic carbocycles. The summed E-state index contributed by atoms with van der Waals surface area (Å²) in [6.45, 7) is 1.44. The van der Waals surface area contributed by atoms with Gasteiger partial charge in [0.25, 0.3) is 11.2 Å². The van der Waals surface area contributed by atoms with Crippen molar-refractivity contribution in [1.82, 2.24) is 4.73 Å². The summed E-state index contributed by atoms with van der Waals surface area (Å²) in [5.74, 6) is -1.15. The van der Waals surface area contributed by atoms with Gasteiger partial charge in [-0.3, -0.25) is 4.79 Å². The molecular formula is C11H10N2O4. The first-order valence-corrected chi connectivity index (χ1v) is 4.97. The fourth-order valence-electron chi connectivity index (χ4n) is 1.74. The first-order chi connectivity index (χ1) is 8.02. The number of carbonyl (C=O) groups is 1. The fraction of sp³-hybridized carbons (Fsp3) is 0.182. The Kier molecular flexibility index (Phi) is 2.55. The number of aromatic nitrogens is 2. The Labute approximate surface area is 95.9 Å². The van der Waals surface area contributed by atoms with Gasteiger partial charge in [0.1, 0.15) is 11.9 Å². The van der Waals surface area contributed by atoms with E-state index in [4.69, 9.17) is 5.11 Å². The van der Waals surface area contributed by atoms with Gasteiger partial charge in [-0.05, 0) is 13.0 Å². The van der Waals surface area contributed by atoms with E-state index in [9.17, 15) is 14.9 Å². The molecule has 0 unspecified atom stereocenters. The molecule has 88 valence electrons. The Morgan fingerprint density at radius 3 is 2.76 bits per heavy atom. The molecule has 1 aromatic carbocycles. The first-order valence-electron chi connectivity index (χ1n) is 4.97. The molecule has 0 bridgehead atoms. The highest BCUT2D eigenvalue weighted by Crippen LogP contribution is 2.13. The topological polar surface area (TPSA) is 88.3 Å². The lowest BCUT2D eigenvalue weighted by Crippen LogP contribution is -2.28. The molecule has 0 radical (unpaired) electrons. The van der Waals surface area contributed by atoms with Crippen LogP contribution in [0.3, 0.4) is 0 Å². The second-order valence-corrected chi connectivity index (χ2v) is 3.68. The molecule has 1 aromatic heterocycles. The Balaban J connectivity index is 2.86. The maximum atomic E-state index is 11.9. The molecule has 0 amide bonds. The minimum Gasteiger partial charge on any atom is -0.805 e. The van der Waals surface area contributed by atoms with Crippen molar-refractivity contribution in [2.75, 3.05) is 0 Å². The molecule has 17 heavy (non-hydrogen) atoms. The van der Waals surface area contributed by atoms with Gasteiger partial charge in [-0.2, -0.15) is 0 Å². The number of nitrogens with zero attached hydrogens (tertiary/aromatic N) is 2. The highest BCUT2D eigenvalue weighted by atomic mass is 16.5. The number of aliphatic carboxylic acids is 1. The number of rotatable bonds is 2. The molecule has 6 heteroatoms. The van der Waals surface area contributed by atoms with Crippen molar-refractivity contribution in [2.45, 2.75) is 13.3 Å². The van der Waals surface area contributed by atoms with Crippen molar-refractivity contribution >= 4 is 17.0 Å². The third-order valence-electron chi connectivity index (χ3n) is 2.61. The van der Waals surface area contributed by atoms with E-state index in [2.05, 4.69) is 0 Å². The average Bonchev–Trinajstić information content (AvgIpc) is 2.31. The first kappa shape index (κ1) is 11.1. The standard InChI is InChI=1S/C11H10N2O4/c1-7-10(6-11(14)15)13(17)9-5-3-2-4-8(9)12(7)16/h2-5H,6H2,1H3,(H,14,15). The number of carboxylic acids is 1. The Morgan fingerprint density at radius 1 is 1.47 bits per heavy atom. The van der Waals surface area contributed by atoms with Gasteiger partial charge in [-0.25, -0.2) is 0 Å². The van der Waals surface area contributed by atoms with E-state index >= 15 is 0 Å². The van der Waals surface area contributed by atoms with Gasteiger partial charge >= 0.3 is 5.97 Å². The fourth-order valence-corrected chi connectivity index (χ4v) is 1.74. The molecule has 0 aliphatic rings. The summed E-state index contributed by atoms with van der Waals surface area (Å²) in [5.41, 5.74) is 0.478. The smallest absolute Gasteiger partial charge is 0.314 e. The van der Waals surface area contributed by atoms with Crippen LogP contribution in [0, 0.1) is 17.0 Å². The summed E-state index contributed by atoms with van der Waals surface area (Å²) in [6.07, 6.45) is -0.470. The summed E-state index contributed by atoms with van der Waals surface area (Å²) in [7, 11) is 0. The van der Waals surface area contributed by atoms with Crippen LogP contribution >= 0.6 is 0 Å². The Bertz CT molecular complexity index is 660. The lowest BCUT2D eigenvalue weighted by molar-refractivity contribution is -0.475. The number of hydrogen-bond acceptors (Lipinski definition) is 3. The highest BCUT2D eigenvalue weighted by Gasteiger charge is 2.21. The van der Waals surface area contributed by atoms with Crippen LogP contribution in [-0.2, 0) is 11.2 Å². The van der Waals surface area contributed by atoms with E-state index in [1.165, 1.54) is 19.1 Å². The molecule has 1 N–H and O–H groups in total. The summed E-state index contributed by atoms with van der Waals surface area (Å²) in [6, 6.07) is 6.28. The molecule has 1 heterocycles. The molecule has 0 saturated carbocycles. The second kappa shape index (κ2) is 3.89. The third-order valence-corrected chi connectivity index (χ3v) is 2.61. The van der Waals surface area contributed by atoms with E-state index in [1.807, 2.05) is 0 Å². The normalized spacial score (nSPS) is 10.6. The predicted molar refractivity (Wildman–Crippen MR) is 60.1 cm³/mol. The van der Waals surface area contributed by atoms with Crippen LogP contribution in [0.2, 0.25) is 0 Å². The number of fused-ring (bicyclic) bond motifs is 1.